The Morgan fingerprint density at radius 3 is 2.85 bits per heavy atom. The summed E-state index contributed by atoms with van der Waals surface area (Å²) in [5.74, 6) is 0.902. The van der Waals surface area contributed by atoms with Gasteiger partial charge in [-0.1, -0.05) is 6.07 Å². The Bertz CT molecular complexity index is 585. The summed E-state index contributed by atoms with van der Waals surface area (Å²) in [6.45, 7) is 1.87. The van der Waals surface area contributed by atoms with Gasteiger partial charge in [-0.25, -0.2) is 0 Å². The van der Waals surface area contributed by atoms with Gasteiger partial charge >= 0.3 is 0 Å². The molecule has 0 saturated heterocycles. The Labute approximate surface area is 117 Å². The van der Waals surface area contributed by atoms with Crippen molar-refractivity contribution in [3.63, 3.8) is 0 Å². The molecular formula is C15H16N2O3. The smallest absolute Gasteiger partial charge is 0.262 e. The molecule has 2 rings (SSSR count). The number of nitrogens with one attached hydrogen (secondary N) is 1. The number of methoxy groups -OCH3 is 1. The first-order valence-electron chi connectivity index (χ1n) is 6.16. The van der Waals surface area contributed by atoms with Gasteiger partial charge < -0.3 is 14.8 Å². The molecule has 1 aromatic carbocycles. The monoisotopic (exact) mass is 272 g/mol. The predicted molar refractivity (Wildman–Crippen MR) is 76.1 cm³/mol. The van der Waals surface area contributed by atoms with Crippen LogP contribution in [0, 0.1) is 6.92 Å². The lowest BCUT2D eigenvalue weighted by Crippen LogP contribution is -2.20. The van der Waals surface area contributed by atoms with Crippen molar-refractivity contribution in [1.29, 1.82) is 0 Å². The summed E-state index contributed by atoms with van der Waals surface area (Å²) in [6.07, 6.45) is 3.22. The molecule has 0 unspecified atom stereocenters. The Kier molecular flexibility index (Phi) is 4.55. The van der Waals surface area contributed by atoms with Crippen LogP contribution in [-0.4, -0.2) is 24.6 Å². The first-order chi connectivity index (χ1) is 9.69. The van der Waals surface area contributed by atoms with E-state index < -0.39 is 0 Å². The van der Waals surface area contributed by atoms with E-state index in [4.69, 9.17) is 9.47 Å². The highest BCUT2D eigenvalue weighted by Gasteiger charge is 2.08. The van der Waals surface area contributed by atoms with Crippen molar-refractivity contribution < 1.29 is 14.3 Å². The quantitative estimate of drug-likeness (QED) is 0.908. The molecule has 2 aromatic rings. The van der Waals surface area contributed by atoms with Crippen LogP contribution in [0.5, 0.6) is 11.5 Å². The second-order valence-corrected chi connectivity index (χ2v) is 4.23. The van der Waals surface area contributed by atoms with E-state index in [9.17, 15) is 4.79 Å². The van der Waals surface area contributed by atoms with Crippen molar-refractivity contribution >= 4 is 11.6 Å². The summed E-state index contributed by atoms with van der Waals surface area (Å²) in [5, 5.41) is 2.69. The highest BCUT2D eigenvalue weighted by Crippen LogP contribution is 2.27. The van der Waals surface area contributed by atoms with E-state index in [2.05, 4.69) is 10.3 Å². The number of carbonyl (C=O) groups excluding carboxylic acids is 1. The van der Waals surface area contributed by atoms with Crippen LogP contribution >= 0.6 is 0 Å². The summed E-state index contributed by atoms with van der Waals surface area (Å²) in [5.41, 5.74) is 1.70. The minimum absolute atomic E-state index is 0.0890. The van der Waals surface area contributed by atoms with Crippen LogP contribution in [0.1, 0.15) is 5.56 Å². The number of hydrogen-bond acceptors (Lipinski definition) is 4. The van der Waals surface area contributed by atoms with Crippen LogP contribution in [0.3, 0.4) is 0 Å². The molecule has 0 radical (unpaired) electrons. The third-order valence-electron chi connectivity index (χ3n) is 2.62. The van der Waals surface area contributed by atoms with Crippen LogP contribution in [0.2, 0.25) is 0 Å². The van der Waals surface area contributed by atoms with Crippen LogP contribution < -0.4 is 14.8 Å². The number of amides is 1. The van der Waals surface area contributed by atoms with Crippen molar-refractivity contribution in [2.24, 2.45) is 0 Å². The van der Waals surface area contributed by atoms with E-state index in [-0.39, 0.29) is 12.5 Å². The van der Waals surface area contributed by atoms with Gasteiger partial charge in [0, 0.05) is 6.20 Å². The third-order valence-corrected chi connectivity index (χ3v) is 2.62. The van der Waals surface area contributed by atoms with Gasteiger partial charge in [0.2, 0.25) is 0 Å². The van der Waals surface area contributed by atoms with Gasteiger partial charge in [-0.15, -0.1) is 0 Å². The zero-order chi connectivity index (χ0) is 14.4. The molecule has 20 heavy (non-hydrogen) atoms. The predicted octanol–water partition coefficient (Wildman–Crippen LogP) is 2.42. The summed E-state index contributed by atoms with van der Waals surface area (Å²) in [6, 6.07) is 9.05. The van der Waals surface area contributed by atoms with E-state index >= 15 is 0 Å². The largest absolute Gasteiger partial charge is 0.493 e. The molecule has 0 spiro atoms. The van der Waals surface area contributed by atoms with Gasteiger partial charge in [0.15, 0.2) is 18.1 Å². The Morgan fingerprint density at radius 1 is 1.30 bits per heavy atom. The van der Waals surface area contributed by atoms with Crippen LogP contribution in [-0.2, 0) is 4.79 Å². The number of hydrogen-bond donors (Lipinski definition) is 1. The topological polar surface area (TPSA) is 60.5 Å². The van der Waals surface area contributed by atoms with E-state index in [1.807, 2.05) is 19.1 Å². The van der Waals surface area contributed by atoms with Crippen molar-refractivity contribution in [3.8, 4) is 11.5 Å². The molecule has 1 N–H and O–H groups in total. The SMILES string of the molecule is COc1cc(C)ccc1OCC(=O)Nc1cccnc1. The molecule has 0 aliphatic heterocycles. The number of rotatable bonds is 5. The van der Waals surface area contributed by atoms with Crippen molar-refractivity contribution in [2.75, 3.05) is 19.0 Å². The Morgan fingerprint density at radius 2 is 2.15 bits per heavy atom. The molecule has 0 aliphatic rings. The molecule has 1 aromatic heterocycles. The molecule has 1 heterocycles. The number of anilines is 1. The molecule has 5 nitrogen and oxygen atoms in total. The third kappa shape index (κ3) is 3.71. The van der Waals surface area contributed by atoms with Gasteiger partial charge in [-0.2, -0.15) is 0 Å². The maximum Gasteiger partial charge on any atom is 0.262 e. The van der Waals surface area contributed by atoms with Crippen LogP contribution in [0.25, 0.3) is 0 Å². The van der Waals surface area contributed by atoms with Gasteiger partial charge in [0.1, 0.15) is 0 Å². The number of nitrogens with zero attached hydrogens (tertiary/aromatic N) is 1. The van der Waals surface area contributed by atoms with Gasteiger partial charge in [0.05, 0.1) is 19.0 Å². The fourth-order valence-corrected chi connectivity index (χ4v) is 1.67. The molecular weight excluding hydrogens is 256 g/mol. The van der Waals surface area contributed by atoms with Crippen LogP contribution in [0.4, 0.5) is 5.69 Å². The molecule has 5 heteroatoms. The zero-order valence-corrected chi connectivity index (χ0v) is 11.4. The Balaban J connectivity index is 1.93. The van der Waals surface area contributed by atoms with Gasteiger partial charge in [-0.3, -0.25) is 9.78 Å². The highest BCUT2D eigenvalue weighted by atomic mass is 16.5. The molecule has 0 bridgehead atoms. The average molecular weight is 272 g/mol. The lowest BCUT2D eigenvalue weighted by atomic mass is 10.2. The minimum Gasteiger partial charge on any atom is -0.493 e. The summed E-state index contributed by atoms with van der Waals surface area (Å²) < 4.78 is 10.7. The fraction of sp³-hybridized carbons (Fsp3) is 0.200. The van der Waals surface area contributed by atoms with E-state index in [0.29, 0.717) is 17.2 Å². The van der Waals surface area contributed by atoms with Gasteiger partial charge in [-0.05, 0) is 36.8 Å². The molecule has 0 aliphatic carbocycles. The normalized spacial score (nSPS) is 9.90. The van der Waals surface area contributed by atoms with Crippen molar-refractivity contribution in [1.82, 2.24) is 4.98 Å². The number of carbonyl (C=O) groups is 1. The van der Waals surface area contributed by atoms with Crippen molar-refractivity contribution in [3.05, 3.63) is 48.3 Å². The second kappa shape index (κ2) is 6.56. The molecule has 0 saturated carbocycles. The molecule has 104 valence electrons. The molecule has 1 amide bonds. The maximum atomic E-state index is 11.7. The number of pyridine rings is 1. The Hall–Kier alpha value is -2.56. The summed E-state index contributed by atoms with van der Waals surface area (Å²) >= 11 is 0. The molecule has 0 fully saturated rings. The number of benzene rings is 1. The summed E-state index contributed by atoms with van der Waals surface area (Å²) in [7, 11) is 1.57. The fourth-order valence-electron chi connectivity index (χ4n) is 1.67. The first kappa shape index (κ1) is 13.9. The van der Waals surface area contributed by atoms with Gasteiger partial charge in [0.25, 0.3) is 5.91 Å². The standard InChI is InChI=1S/C15H16N2O3/c1-11-5-6-13(14(8-11)19-2)20-10-15(18)17-12-4-3-7-16-9-12/h3-9H,10H2,1-2H3,(H,17,18). The first-order valence-corrected chi connectivity index (χ1v) is 6.16. The lowest BCUT2D eigenvalue weighted by molar-refractivity contribution is -0.118. The number of ether oxygens (including phenoxy) is 2. The zero-order valence-electron chi connectivity index (χ0n) is 11.4. The molecule has 0 atom stereocenters. The average Bonchev–Trinajstić information content (AvgIpc) is 2.47. The van der Waals surface area contributed by atoms with Crippen LogP contribution in [0.15, 0.2) is 42.7 Å². The van der Waals surface area contributed by atoms with Crippen molar-refractivity contribution in [2.45, 2.75) is 6.92 Å². The number of aromatic nitrogens is 1. The van der Waals surface area contributed by atoms with E-state index in [0.717, 1.165) is 5.56 Å². The highest BCUT2D eigenvalue weighted by molar-refractivity contribution is 5.91. The van der Waals surface area contributed by atoms with E-state index in [1.165, 1.54) is 0 Å². The second-order valence-electron chi connectivity index (χ2n) is 4.23. The maximum absolute atomic E-state index is 11.7. The minimum atomic E-state index is -0.249. The van der Waals surface area contributed by atoms with E-state index in [1.54, 1.807) is 37.7 Å². The number of aryl methyl sites for hydroxylation is 1. The summed E-state index contributed by atoms with van der Waals surface area (Å²) in [4.78, 5) is 15.7. The lowest BCUT2D eigenvalue weighted by Gasteiger charge is -2.11.